The number of piperazine rings is 1. The molecule has 6 heterocycles. The lowest BCUT2D eigenvalue weighted by Crippen LogP contribution is -2.48. The predicted molar refractivity (Wildman–Crippen MR) is 143 cm³/mol. The van der Waals surface area contributed by atoms with Crippen LogP contribution in [-0.2, 0) is 11.2 Å². The summed E-state index contributed by atoms with van der Waals surface area (Å²) in [5, 5.41) is 0. The SMILES string of the molecule is CCN1CCN(C(=O)c2cncc(N3CCc4c(-c5cnc(N)nc5)nc(N5CCOCC5)nc43)c2)CC1. The topological polar surface area (TPSA) is 130 Å². The first-order valence-electron chi connectivity index (χ1n) is 13.2. The van der Waals surface area contributed by atoms with Gasteiger partial charge in [-0.05, 0) is 19.0 Å². The number of anilines is 4. The summed E-state index contributed by atoms with van der Waals surface area (Å²) < 4.78 is 5.54. The molecule has 0 unspecified atom stereocenters. The molecule has 12 nitrogen and oxygen atoms in total. The zero-order chi connectivity index (χ0) is 26.1. The van der Waals surface area contributed by atoms with E-state index < -0.39 is 0 Å². The molecule has 0 spiro atoms. The molecule has 1 amide bonds. The minimum absolute atomic E-state index is 0.0194. The third kappa shape index (κ3) is 4.72. The second kappa shape index (κ2) is 10.5. The fraction of sp³-hybridized carbons (Fsp3) is 0.462. The molecule has 2 fully saturated rings. The van der Waals surface area contributed by atoms with Crippen molar-refractivity contribution in [3.05, 3.63) is 42.0 Å². The molecule has 2 N–H and O–H groups in total. The van der Waals surface area contributed by atoms with Crippen LogP contribution in [0.25, 0.3) is 11.3 Å². The van der Waals surface area contributed by atoms with E-state index in [4.69, 9.17) is 20.4 Å². The Balaban J connectivity index is 1.34. The van der Waals surface area contributed by atoms with Gasteiger partial charge in [0.2, 0.25) is 11.9 Å². The van der Waals surface area contributed by atoms with Crippen LogP contribution in [0, 0.1) is 0 Å². The van der Waals surface area contributed by atoms with E-state index >= 15 is 0 Å². The van der Waals surface area contributed by atoms with E-state index in [0.29, 0.717) is 44.4 Å². The molecule has 12 heteroatoms. The van der Waals surface area contributed by atoms with Gasteiger partial charge in [-0.1, -0.05) is 6.92 Å². The number of likely N-dealkylation sites (N-methyl/N-ethyl adjacent to an activating group) is 1. The first-order chi connectivity index (χ1) is 18.6. The van der Waals surface area contributed by atoms with Crippen molar-refractivity contribution in [2.75, 3.05) is 81.1 Å². The number of fused-ring (bicyclic) bond motifs is 1. The molecular weight excluding hydrogens is 484 g/mol. The molecular formula is C26H32N10O2. The highest BCUT2D eigenvalue weighted by molar-refractivity contribution is 5.95. The Labute approximate surface area is 221 Å². The Kier molecular flexibility index (Phi) is 6.73. The molecule has 3 aromatic heterocycles. The molecule has 3 aromatic rings. The Hall–Kier alpha value is -3.90. The smallest absolute Gasteiger partial charge is 0.255 e. The Morgan fingerprint density at radius 3 is 2.47 bits per heavy atom. The maximum Gasteiger partial charge on any atom is 0.255 e. The van der Waals surface area contributed by atoms with Gasteiger partial charge in [0, 0.05) is 75.5 Å². The van der Waals surface area contributed by atoms with E-state index in [9.17, 15) is 4.79 Å². The first-order valence-corrected chi connectivity index (χ1v) is 13.2. The van der Waals surface area contributed by atoms with E-state index in [1.807, 2.05) is 11.0 Å². The molecule has 198 valence electrons. The third-order valence-electron chi connectivity index (χ3n) is 7.44. The standard InChI is InChI=1S/C26H32N10O2/c1-2-33-5-7-34(8-6-33)24(37)18-13-20(17-28-14-18)36-4-3-21-22(19-15-29-25(27)30-16-19)31-26(32-23(21)36)35-9-11-38-12-10-35/h13-17H,2-12H2,1H3,(H2,27,29,30). The summed E-state index contributed by atoms with van der Waals surface area (Å²) in [6.07, 6.45) is 7.61. The van der Waals surface area contributed by atoms with E-state index in [1.54, 1.807) is 24.8 Å². The molecule has 38 heavy (non-hydrogen) atoms. The largest absolute Gasteiger partial charge is 0.378 e. The second-order valence-corrected chi connectivity index (χ2v) is 9.66. The first kappa shape index (κ1) is 24.4. The maximum atomic E-state index is 13.3. The monoisotopic (exact) mass is 516 g/mol. The van der Waals surface area contributed by atoms with Gasteiger partial charge in [-0.2, -0.15) is 4.98 Å². The number of carbonyl (C=O) groups excluding carboxylic acids is 1. The summed E-state index contributed by atoms with van der Waals surface area (Å²) in [5.74, 6) is 1.69. The van der Waals surface area contributed by atoms with Crippen molar-refractivity contribution in [3.63, 3.8) is 0 Å². The summed E-state index contributed by atoms with van der Waals surface area (Å²) in [6.45, 7) is 9.80. The number of morpholine rings is 1. The van der Waals surface area contributed by atoms with Gasteiger partial charge < -0.3 is 30.1 Å². The van der Waals surface area contributed by atoms with Crippen molar-refractivity contribution in [1.82, 2.24) is 34.7 Å². The number of nitrogens with two attached hydrogens (primary N) is 1. The number of carbonyl (C=O) groups is 1. The van der Waals surface area contributed by atoms with Crippen molar-refractivity contribution in [2.24, 2.45) is 0 Å². The highest BCUT2D eigenvalue weighted by Crippen LogP contribution is 2.39. The van der Waals surface area contributed by atoms with Crippen molar-refractivity contribution >= 4 is 29.3 Å². The molecule has 3 aliphatic heterocycles. The number of nitrogen functional groups attached to an aromatic ring is 1. The van der Waals surface area contributed by atoms with E-state index in [1.165, 1.54) is 0 Å². The van der Waals surface area contributed by atoms with Gasteiger partial charge in [0.05, 0.1) is 36.4 Å². The van der Waals surface area contributed by atoms with Crippen molar-refractivity contribution in [1.29, 1.82) is 0 Å². The zero-order valence-corrected chi connectivity index (χ0v) is 21.6. The minimum Gasteiger partial charge on any atom is -0.378 e. The lowest BCUT2D eigenvalue weighted by Gasteiger charge is -2.34. The fourth-order valence-electron chi connectivity index (χ4n) is 5.24. The van der Waals surface area contributed by atoms with Gasteiger partial charge in [0.1, 0.15) is 5.82 Å². The maximum absolute atomic E-state index is 13.3. The van der Waals surface area contributed by atoms with Gasteiger partial charge in [-0.25, -0.2) is 15.0 Å². The van der Waals surface area contributed by atoms with Gasteiger partial charge in [0.15, 0.2) is 0 Å². The quantitative estimate of drug-likeness (QED) is 0.525. The second-order valence-electron chi connectivity index (χ2n) is 9.66. The van der Waals surface area contributed by atoms with Crippen LogP contribution in [0.15, 0.2) is 30.9 Å². The van der Waals surface area contributed by atoms with Gasteiger partial charge in [-0.15, -0.1) is 0 Å². The summed E-state index contributed by atoms with van der Waals surface area (Å²) in [6, 6.07) is 1.93. The highest BCUT2D eigenvalue weighted by Gasteiger charge is 2.30. The van der Waals surface area contributed by atoms with Crippen LogP contribution >= 0.6 is 0 Å². The normalized spacial score (nSPS) is 18.1. The summed E-state index contributed by atoms with van der Waals surface area (Å²) in [7, 11) is 0. The number of ether oxygens (including phenoxy) is 1. The predicted octanol–water partition coefficient (Wildman–Crippen LogP) is 1.22. The molecule has 6 rings (SSSR count). The number of rotatable bonds is 5. The highest BCUT2D eigenvalue weighted by atomic mass is 16.5. The van der Waals surface area contributed by atoms with Crippen molar-refractivity contribution in [3.8, 4) is 11.3 Å². The average molecular weight is 517 g/mol. The number of hydrogen-bond donors (Lipinski definition) is 1. The average Bonchev–Trinajstić information content (AvgIpc) is 3.41. The summed E-state index contributed by atoms with van der Waals surface area (Å²) in [5.41, 5.74) is 9.79. The number of amides is 1. The lowest BCUT2D eigenvalue weighted by atomic mass is 10.1. The van der Waals surface area contributed by atoms with E-state index in [2.05, 4.69) is 36.6 Å². The number of aromatic nitrogens is 5. The molecule has 0 radical (unpaired) electrons. The number of nitrogens with zero attached hydrogens (tertiary/aromatic N) is 9. The molecule has 0 bridgehead atoms. The van der Waals surface area contributed by atoms with Crippen LogP contribution < -0.4 is 15.5 Å². The molecule has 0 aliphatic carbocycles. The molecule has 3 aliphatic rings. The van der Waals surface area contributed by atoms with Crippen LogP contribution in [0.5, 0.6) is 0 Å². The molecule has 0 atom stereocenters. The molecule has 2 saturated heterocycles. The molecule has 0 aromatic carbocycles. The number of pyridine rings is 1. The number of hydrogen-bond acceptors (Lipinski definition) is 11. The Bertz CT molecular complexity index is 1300. The van der Waals surface area contributed by atoms with E-state index in [-0.39, 0.29) is 11.9 Å². The zero-order valence-electron chi connectivity index (χ0n) is 21.6. The molecule has 0 saturated carbocycles. The van der Waals surface area contributed by atoms with E-state index in [0.717, 1.165) is 67.5 Å². The minimum atomic E-state index is 0.0194. The van der Waals surface area contributed by atoms with Gasteiger partial charge in [-0.3, -0.25) is 9.78 Å². The van der Waals surface area contributed by atoms with Crippen LogP contribution in [0.1, 0.15) is 22.8 Å². The lowest BCUT2D eigenvalue weighted by molar-refractivity contribution is 0.0643. The summed E-state index contributed by atoms with van der Waals surface area (Å²) >= 11 is 0. The van der Waals surface area contributed by atoms with Crippen LogP contribution in [-0.4, -0.2) is 106 Å². The van der Waals surface area contributed by atoms with Crippen LogP contribution in [0.2, 0.25) is 0 Å². The fourth-order valence-corrected chi connectivity index (χ4v) is 5.24. The van der Waals surface area contributed by atoms with Crippen LogP contribution in [0.4, 0.5) is 23.4 Å². The van der Waals surface area contributed by atoms with Crippen LogP contribution in [0.3, 0.4) is 0 Å². The Morgan fingerprint density at radius 2 is 1.74 bits per heavy atom. The van der Waals surface area contributed by atoms with Crippen molar-refractivity contribution in [2.45, 2.75) is 13.3 Å². The van der Waals surface area contributed by atoms with Gasteiger partial charge >= 0.3 is 0 Å². The summed E-state index contributed by atoms with van der Waals surface area (Å²) in [4.78, 5) is 44.6. The van der Waals surface area contributed by atoms with Crippen molar-refractivity contribution < 1.29 is 9.53 Å². The third-order valence-corrected chi connectivity index (χ3v) is 7.44. The van der Waals surface area contributed by atoms with Gasteiger partial charge in [0.25, 0.3) is 5.91 Å². The Morgan fingerprint density at radius 1 is 0.974 bits per heavy atom.